The molecule has 0 aromatic carbocycles. The van der Waals surface area contributed by atoms with Gasteiger partial charge in [-0.1, -0.05) is 12.3 Å². The Kier molecular flexibility index (Phi) is 3.79. The molecule has 2 heteroatoms. The number of rotatable bonds is 2. The van der Waals surface area contributed by atoms with Gasteiger partial charge in [0.25, 0.3) is 0 Å². The molecule has 1 heterocycles. The largest absolute Gasteiger partial charge is 0.292 e. The number of ketones is 1. The molecule has 1 aliphatic rings. The van der Waals surface area contributed by atoms with Gasteiger partial charge >= 0.3 is 0 Å². The third-order valence-corrected chi connectivity index (χ3v) is 4.23. The molecule has 1 nitrogen and oxygen atoms in total. The van der Waals surface area contributed by atoms with Gasteiger partial charge in [-0.15, -0.1) is 17.3 Å². The van der Waals surface area contributed by atoms with Gasteiger partial charge in [0.05, 0.1) is 11.3 Å². The maximum absolute atomic E-state index is 11.8. The second-order valence-corrected chi connectivity index (χ2v) is 5.28. The van der Waals surface area contributed by atoms with E-state index in [9.17, 15) is 4.79 Å². The number of hydrogen-bond acceptors (Lipinski definition) is 2. The van der Waals surface area contributed by atoms with Crippen molar-refractivity contribution in [3.63, 3.8) is 0 Å². The fraction of sp³-hybridized carbons (Fsp3) is 0.500. The lowest BCUT2D eigenvalue weighted by Crippen LogP contribution is -1.93. The molecule has 0 atom stereocenters. The Labute approximate surface area is 101 Å². The number of carbonyl (C=O) groups is 1. The molecule has 0 saturated heterocycles. The first-order valence-corrected chi connectivity index (χ1v) is 6.67. The van der Waals surface area contributed by atoms with Gasteiger partial charge in [-0.05, 0) is 44.2 Å². The van der Waals surface area contributed by atoms with Gasteiger partial charge in [0.15, 0.2) is 5.78 Å². The molecule has 84 valence electrons. The first kappa shape index (κ1) is 11.4. The zero-order valence-corrected chi connectivity index (χ0v) is 10.5. The van der Waals surface area contributed by atoms with E-state index in [2.05, 4.69) is 17.9 Å². The SMILES string of the molecule is CC#CCC(=O)c1cc2c(s1)CCCCC2. The molecule has 0 saturated carbocycles. The van der Waals surface area contributed by atoms with Crippen LogP contribution in [0.15, 0.2) is 6.07 Å². The summed E-state index contributed by atoms with van der Waals surface area (Å²) in [5.41, 5.74) is 1.41. The van der Waals surface area contributed by atoms with E-state index in [0.717, 1.165) is 17.7 Å². The van der Waals surface area contributed by atoms with E-state index in [0.29, 0.717) is 6.42 Å². The van der Waals surface area contributed by atoms with E-state index in [-0.39, 0.29) is 5.78 Å². The van der Waals surface area contributed by atoms with E-state index >= 15 is 0 Å². The van der Waals surface area contributed by atoms with Crippen molar-refractivity contribution in [2.75, 3.05) is 0 Å². The van der Waals surface area contributed by atoms with Crippen molar-refractivity contribution in [3.05, 3.63) is 21.4 Å². The highest BCUT2D eigenvalue weighted by Crippen LogP contribution is 2.29. The van der Waals surface area contributed by atoms with Crippen molar-refractivity contribution in [2.45, 2.75) is 45.4 Å². The number of hydrogen-bond donors (Lipinski definition) is 0. The second-order valence-electron chi connectivity index (χ2n) is 4.15. The van der Waals surface area contributed by atoms with Crippen molar-refractivity contribution in [1.29, 1.82) is 0 Å². The van der Waals surface area contributed by atoms with Gasteiger partial charge in [0, 0.05) is 4.88 Å². The van der Waals surface area contributed by atoms with Crippen LogP contribution in [0.3, 0.4) is 0 Å². The number of fused-ring (bicyclic) bond motifs is 1. The minimum Gasteiger partial charge on any atom is -0.292 e. The number of Topliss-reactive ketones (excluding diaryl/α,β-unsaturated/α-hetero) is 1. The van der Waals surface area contributed by atoms with Crippen molar-refractivity contribution < 1.29 is 4.79 Å². The zero-order chi connectivity index (χ0) is 11.4. The summed E-state index contributed by atoms with van der Waals surface area (Å²) in [5, 5.41) is 0. The minimum atomic E-state index is 0.187. The second kappa shape index (κ2) is 5.32. The highest BCUT2D eigenvalue weighted by molar-refractivity contribution is 7.14. The molecule has 0 bridgehead atoms. The normalized spacial score (nSPS) is 14.6. The number of thiophene rings is 1. The van der Waals surface area contributed by atoms with Crippen LogP contribution in [-0.2, 0) is 12.8 Å². The fourth-order valence-corrected chi connectivity index (χ4v) is 3.25. The average molecular weight is 232 g/mol. The van der Waals surface area contributed by atoms with E-state index in [4.69, 9.17) is 0 Å². The lowest BCUT2D eigenvalue weighted by molar-refractivity contribution is 0.100. The van der Waals surface area contributed by atoms with Gasteiger partial charge in [-0.3, -0.25) is 4.79 Å². The molecule has 0 aliphatic heterocycles. The lowest BCUT2D eigenvalue weighted by atomic mass is 10.1. The van der Waals surface area contributed by atoms with Gasteiger partial charge in [-0.2, -0.15) is 0 Å². The molecule has 0 spiro atoms. The van der Waals surface area contributed by atoms with Gasteiger partial charge in [0.2, 0.25) is 0 Å². The third-order valence-electron chi connectivity index (χ3n) is 2.95. The highest BCUT2D eigenvalue weighted by Gasteiger charge is 2.15. The van der Waals surface area contributed by atoms with Crippen LogP contribution in [0.1, 0.15) is 52.7 Å². The quantitative estimate of drug-likeness (QED) is 0.432. The van der Waals surface area contributed by atoms with E-state index in [1.54, 1.807) is 18.3 Å². The van der Waals surface area contributed by atoms with E-state index in [1.807, 2.05) is 0 Å². The van der Waals surface area contributed by atoms with Crippen LogP contribution in [0.5, 0.6) is 0 Å². The van der Waals surface area contributed by atoms with E-state index in [1.165, 1.54) is 29.7 Å². The topological polar surface area (TPSA) is 17.1 Å². The van der Waals surface area contributed by atoms with Crippen LogP contribution in [0.2, 0.25) is 0 Å². The summed E-state index contributed by atoms with van der Waals surface area (Å²) in [6.07, 6.45) is 6.55. The highest BCUT2D eigenvalue weighted by atomic mass is 32.1. The average Bonchev–Trinajstić information content (AvgIpc) is 2.58. The smallest absolute Gasteiger partial charge is 0.184 e. The van der Waals surface area contributed by atoms with Crippen LogP contribution >= 0.6 is 11.3 Å². The van der Waals surface area contributed by atoms with Crippen molar-refractivity contribution in [3.8, 4) is 11.8 Å². The Morgan fingerprint density at radius 1 is 1.38 bits per heavy atom. The van der Waals surface area contributed by atoms with Gasteiger partial charge in [0.1, 0.15) is 0 Å². The standard InChI is InChI=1S/C14H16OS/c1-2-3-8-12(15)14-10-11-7-5-4-6-9-13(11)16-14/h10H,4-9H2,1H3. The summed E-state index contributed by atoms with van der Waals surface area (Å²) >= 11 is 1.69. The molecule has 16 heavy (non-hydrogen) atoms. The number of aryl methyl sites for hydroxylation is 2. The van der Waals surface area contributed by atoms with Crippen LogP contribution in [0.4, 0.5) is 0 Å². The summed E-state index contributed by atoms with van der Waals surface area (Å²) in [4.78, 5) is 14.2. The molecule has 0 unspecified atom stereocenters. The molecular formula is C14H16OS. The molecule has 1 aromatic rings. The Hall–Kier alpha value is -1.07. The number of carbonyl (C=O) groups excluding carboxylic acids is 1. The molecule has 1 aromatic heterocycles. The first-order chi connectivity index (χ1) is 7.81. The Bertz CT molecular complexity index is 422. The maximum atomic E-state index is 11.8. The van der Waals surface area contributed by atoms with Crippen molar-refractivity contribution in [2.24, 2.45) is 0 Å². The first-order valence-electron chi connectivity index (χ1n) is 5.85. The van der Waals surface area contributed by atoms with Crippen LogP contribution in [-0.4, -0.2) is 5.78 Å². The van der Waals surface area contributed by atoms with Crippen LogP contribution < -0.4 is 0 Å². The molecule has 0 radical (unpaired) electrons. The molecule has 0 amide bonds. The minimum absolute atomic E-state index is 0.187. The maximum Gasteiger partial charge on any atom is 0.184 e. The summed E-state index contributed by atoms with van der Waals surface area (Å²) in [5.74, 6) is 5.81. The van der Waals surface area contributed by atoms with Crippen molar-refractivity contribution >= 4 is 17.1 Å². The summed E-state index contributed by atoms with van der Waals surface area (Å²) in [6.45, 7) is 1.77. The lowest BCUT2D eigenvalue weighted by Gasteiger charge is -1.92. The van der Waals surface area contributed by atoms with Gasteiger partial charge < -0.3 is 0 Å². The molecular weight excluding hydrogens is 216 g/mol. The molecule has 0 fully saturated rings. The third kappa shape index (κ3) is 2.54. The zero-order valence-electron chi connectivity index (χ0n) is 9.64. The van der Waals surface area contributed by atoms with Crippen LogP contribution in [0, 0.1) is 11.8 Å². The monoisotopic (exact) mass is 232 g/mol. The molecule has 2 rings (SSSR count). The molecule has 1 aliphatic carbocycles. The van der Waals surface area contributed by atoms with Gasteiger partial charge in [-0.25, -0.2) is 0 Å². The summed E-state index contributed by atoms with van der Waals surface area (Å²) in [6, 6.07) is 2.10. The molecule has 0 N–H and O–H groups in total. The Morgan fingerprint density at radius 2 is 2.19 bits per heavy atom. The Morgan fingerprint density at radius 3 is 3.00 bits per heavy atom. The van der Waals surface area contributed by atoms with Crippen LogP contribution in [0.25, 0.3) is 0 Å². The predicted octanol–water partition coefficient (Wildman–Crippen LogP) is 3.61. The summed E-state index contributed by atoms with van der Waals surface area (Å²) < 4.78 is 0. The van der Waals surface area contributed by atoms with Crippen molar-refractivity contribution in [1.82, 2.24) is 0 Å². The Balaban J connectivity index is 2.16. The fourth-order valence-electron chi connectivity index (χ4n) is 2.06. The van der Waals surface area contributed by atoms with E-state index < -0.39 is 0 Å². The predicted molar refractivity (Wildman–Crippen MR) is 68.0 cm³/mol. The summed E-state index contributed by atoms with van der Waals surface area (Å²) in [7, 11) is 0.